The summed E-state index contributed by atoms with van der Waals surface area (Å²) in [5.41, 5.74) is 0. The summed E-state index contributed by atoms with van der Waals surface area (Å²) in [6, 6.07) is 0. The lowest BCUT2D eigenvalue weighted by molar-refractivity contribution is -0.161. The van der Waals surface area contributed by atoms with Crippen LogP contribution in [0.25, 0.3) is 0 Å². The average Bonchev–Trinajstić information content (AvgIpc) is 3.32. The highest BCUT2D eigenvalue weighted by Gasteiger charge is 2.16. The number of allylic oxidation sites excluding steroid dienone is 22. The Bertz CT molecular complexity index is 1400. The summed E-state index contributed by atoms with van der Waals surface area (Å²) in [6.07, 6.45) is 82.8. The van der Waals surface area contributed by atoms with Crippen molar-refractivity contribution in [3.05, 3.63) is 134 Å². The van der Waals surface area contributed by atoms with Gasteiger partial charge in [-0.15, -0.1) is 0 Å². The van der Waals surface area contributed by atoms with Crippen molar-refractivity contribution in [2.45, 2.75) is 225 Å². The fourth-order valence-corrected chi connectivity index (χ4v) is 6.92. The lowest BCUT2D eigenvalue weighted by Gasteiger charge is -2.15. The fourth-order valence-electron chi connectivity index (χ4n) is 6.92. The van der Waals surface area contributed by atoms with Gasteiger partial charge in [-0.1, -0.05) is 231 Å². The highest BCUT2D eigenvalue weighted by atomic mass is 16.6. The number of carbonyl (C=O) groups is 2. The second-order valence-corrected chi connectivity index (χ2v) is 17.2. The van der Waals surface area contributed by atoms with E-state index in [0.29, 0.717) is 12.8 Å². The van der Waals surface area contributed by atoms with Crippen LogP contribution in [0.5, 0.6) is 0 Å². The minimum absolute atomic E-state index is 0.0778. The molecule has 5 nitrogen and oxygen atoms in total. The van der Waals surface area contributed by atoms with E-state index < -0.39 is 6.10 Å². The second-order valence-electron chi connectivity index (χ2n) is 17.2. The summed E-state index contributed by atoms with van der Waals surface area (Å²) < 4.78 is 10.6. The van der Waals surface area contributed by atoms with E-state index in [1.807, 2.05) is 0 Å². The molecule has 0 rings (SSSR count). The molecule has 0 aromatic heterocycles. The first-order valence-corrected chi connectivity index (χ1v) is 26.7. The van der Waals surface area contributed by atoms with Crippen LogP contribution in [-0.2, 0) is 19.1 Å². The van der Waals surface area contributed by atoms with Crippen molar-refractivity contribution in [1.29, 1.82) is 0 Å². The topological polar surface area (TPSA) is 72.8 Å². The predicted octanol–water partition coefficient (Wildman–Crippen LogP) is 18.1. The van der Waals surface area contributed by atoms with Gasteiger partial charge in [0, 0.05) is 12.8 Å². The van der Waals surface area contributed by atoms with Gasteiger partial charge in [-0.25, -0.2) is 0 Å². The van der Waals surface area contributed by atoms with Crippen LogP contribution in [-0.4, -0.2) is 36.4 Å². The molecule has 1 N–H and O–H groups in total. The molecule has 1 atom stereocenters. The van der Waals surface area contributed by atoms with Crippen molar-refractivity contribution < 1.29 is 24.2 Å². The average molecular weight is 911 g/mol. The maximum Gasteiger partial charge on any atom is 0.306 e. The van der Waals surface area contributed by atoms with E-state index in [-0.39, 0.29) is 25.2 Å². The number of carbonyl (C=O) groups excluding carboxylic acids is 2. The SMILES string of the molecule is CC/C=C\C/C=C\C/C=C\C/C=C\C/C=C\C/C=C\C/C=C\C/C=C\C/C=C\C/C=C\CCCCCCCCCCCCC(=O)OC(CO)COC(=O)CCCCCCC/C=C\CCCC. The minimum Gasteiger partial charge on any atom is -0.462 e. The monoisotopic (exact) mass is 911 g/mol. The molecule has 0 aliphatic heterocycles. The summed E-state index contributed by atoms with van der Waals surface area (Å²) in [4.78, 5) is 24.3. The summed E-state index contributed by atoms with van der Waals surface area (Å²) in [6.45, 7) is 3.96. The molecule has 0 amide bonds. The van der Waals surface area contributed by atoms with Gasteiger partial charge in [0.05, 0.1) is 6.61 Å². The highest BCUT2D eigenvalue weighted by molar-refractivity contribution is 5.70. The maximum absolute atomic E-state index is 12.2. The van der Waals surface area contributed by atoms with Crippen LogP contribution in [0.3, 0.4) is 0 Å². The van der Waals surface area contributed by atoms with Gasteiger partial charge in [0.2, 0.25) is 0 Å². The number of hydrogen-bond acceptors (Lipinski definition) is 5. The summed E-state index contributed by atoms with van der Waals surface area (Å²) in [5, 5.41) is 9.59. The van der Waals surface area contributed by atoms with Crippen LogP contribution in [0.4, 0.5) is 0 Å². The van der Waals surface area contributed by atoms with Crippen LogP contribution in [0.15, 0.2) is 134 Å². The first kappa shape index (κ1) is 62.0. The number of hydrogen-bond donors (Lipinski definition) is 1. The number of esters is 2. The van der Waals surface area contributed by atoms with Crippen molar-refractivity contribution in [3.63, 3.8) is 0 Å². The zero-order valence-corrected chi connectivity index (χ0v) is 42.4. The molecule has 0 radical (unpaired) electrons. The molecule has 1 unspecified atom stereocenters. The van der Waals surface area contributed by atoms with Gasteiger partial charge in [-0.2, -0.15) is 0 Å². The molecule has 0 saturated carbocycles. The normalized spacial score (nSPS) is 13.3. The molecule has 0 aliphatic carbocycles. The fraction of sp³-hybridized carbons (Fsp3) is 0.607. The lowest BCUT2D eigenvalue weighted by atomic mass is 10.0. The molecule has 66 heavy (non-hydrogen) atoms. The van der Waals surface area contributed by atoms with Gasteiger partial charge in [0.15, 0.2) is 6.10 Å². The third-order valence-electron chi connectivity index (χ3n) is 10.9. The third-order valence-corrected chi connectivity index (χ3v) is 10.9. The van der Waals surface area contributed by atoms with Crippen LogP contribution in [0, 0.1) is 0 Å². The minimum atomic E-state index is -0.784. The van der Waals surface area contributed by atoms with Gasteiger partial charge >= 0.3 is 11.9 Å². The van der Waals surface area contributed by atoms with E-state index in [4.69, 9.17) is 9.47 Å². The lowest BCUT2D eigenvalue weighted by Crippen LogP contribution is -2.28. The summed E-state index contributed by atoms with van der Waals surface area (Å²) in [7, 11) is 0. The smallest absolute Gasteiger partial charge is 0.306 e. The van der Waals surface area contributed by atoms with E-state index in [1.165, 1.54) is 83.5 Å². The zero-order valence-electron chi connectivity index (χ0n) is 42.4. The van der Waals surface area contributed by atoms with E-state index in [1.54, 1.807) is 0 Å². The Labute approximate surface area is 406 Å². The summed E-state index contributed by atoms with van der Waals surface area (Å²) in [5.74, 6) is -0.615. The largest absolute Gasteiger partial charge is 0.462 e. The van der Waals surface area contributed by atoms with Gasteiger partial charge in [0.25, 0.3) is 0 Å². The molecule has 5 heteroatoms. The molecule has 0 fully saturated rings. The summed E-state index contributed by atoms with van der Waals surface area (Å²) >= 11 is 0. The van der Waals surface area contributed by atoms with Crippen molar-refractivity contribution >= 4 is 11.9 Å². The van der Waals surface area contributed by atoms with Gasteiger partial charge in [-0.3, -0.25) is 9.59 Å². The Balaban J connectivity index is 3.59. The third kappa shape index (κ3) is 52.7. The Hall–Kier alpha value is -3.96. The van der Waals surface area contributed by atoms with Gasteiger partial charge in [-0.05, 0) is 109 Å². The second kappa shape index (κ2) is 55.4. The van der Waals surface area contributed by atoms with Crippen molar-refractivity contribution in [2.24, 2.45) is 0 Å². The number of ether oxygens (including phenoxy) is 2. The molecular formula is C61H98O5. The quantitative estimate of drug-likeness (QED) is 0.0374. The van der Waals surface area contributed by atoms with Gasteiger partial charge < -0.3 is 14.6 Å². The Morgan fingerprint density at radius 2 is 0.652 bits per heavy atom. The van der Waals surface area contributed by atoms with Crippen molar-refractivity contribution in [3.8, 4) is 0 Å². The molecule has 0 aromatic carbocycles. The van der Waals surface area contributed by atoms with E-state index in [0.717, 1.165) is 109 Å². The number of rotatable bonds is 47. The van der Waals surface area contributed by atoms with Crippen LogP contribution in [0.1, 0.15) is 219 Å². The molecule has 0 bridgehead atoms. The molecule has 0 spiro atoms. The van der Waals surface area contributed by atoms with Crippen LogP contribution >= 0.6 is 0 Å². The number of unbranched alkanes of at least 4 members (excludes halogenated alkanes) is 17. The number of aliphatic hydroxyl groups excluding tert-OH is 1. The molecular weight excluding hydrogens is 813 g/mol. The molecule has 0 aromatic rings. The zero-order chi connectivity index (χ0) is 47.7. The van der Waals surface area contributed by atoms with Crippen LogP contribution in [0.2, 0.25) is 0 Å². The Kier molecular flexibility index (Phi) is 52.0. The first-order chi connectivity index (χ1) is 32.6. The number of aliphatic hydroxyl groups is 1. The maximum atomic E-state index is 12.2. The van der Waals surface area contributed by atoms with E-state index in [9.17, 15) is 14.7 Å². The first-order valence-electron chi connectivity index (χ1n) is 26.7. The molecule has 0 aliphatic rings. The highest BCUT2D eigenvalue weighted by Crippen LogP contribution is 2.14. The molecule has 0 saturated heterocycles. The van der Waals surface area contributed by atoms with Crippen molar-refractivity contribution in [1.82, 2.24) is 0 Å². The van der Waals surface area contributed by atoms with Crippen molar-refractivity contribution in [2.75, 3.05) is 13.2 Å². The molecule has 0 heterocycles. The van der Waals surface area contributed by atoms with Crippen LogP contribution < -0.4 is 0 Å². The Morgan fingerprint density at radius 1 is 0.364 bits per heavy atom. The van der Waals surface area contributed by atoms with E-state index in [2.05, 4.69) is 148 Å². The predicted molar refractivity (Wildman–Crippen MR) is 288 cm³/mol. The van der Waals surface area contributed by atoms with Gasteiger partial charge in [0.1, 0.15) is 6.61 Å². The Morgan fingerprint density at radius 3 is 1.00 bits per heavy atom. The van der Waals surface area contributed by atoms with E-state index >= 15 is 0 Å². The molecule has 372 valence electrons. The standard InChI is InChI=1S/C61H98O5/c1-3-5-7-9-11-13-15-16-17-18-19-20-21-22-23-24-25-26-27-28-29-30-31-32-33-34-35-36-37-38-39-40-41-42-43-44-46-48-50-52-54-56-61(64)66-59(57-62)58-65-60(63)55-53-51-49-47-45-14-12-10-8-6-4-2/h5,7,10-13,16-17,19-20,22-23,25-26,28-29,31-32,34-35,37-38,59,62H,3-4,6,8-9,14-15,18,21,24,27,30,33,36,39-58H2,1-2H3/b7-5-,12-10-,13-11-,17-16-,20-19-,23-22-,26-25-,29-28-,32-31-,35-34-,38-37-.